The molecule has 0 unspecified atom stereocenters. The number of ether oxygens (including phenoxy) is 1. The third kappa shape index (κ3) is 4.25. The van der Waals surface area contributed by atoms with Crippen LogP contribution in [0, 0.1) is 6.92 Å². The van der Waals surface area contributed by atoms with Gasteiger partial charge in [0.05, 0.1) is 5.69 Å². The van der Waals surface area contributed by atoms with E-state index >= 15 is 0 Å². The quantitative estimate of drug-likeness (QED) is 0.803. The van der Waals surface area contributed by atoms with E-state index in [1.54, 1.807) is 13.8 Å². The van der Waals surface area contributed by atoms with Gasteiger partial charge in [-0.1, -0.05) is 31.2 Å². The van der Waals surface area contributed by atoms with Gasteiger partial charge in [0.15, 0.2) is 6.10 Å². The smallest absolute Gasteiger partial charge is 0.351 e. The SMILES string of the molecule is CCc1ccc(-c2nc(C)c(C(=O)O[C@@H](C)C(=O)NC3CC3)s2)cc1. The average Bonchev–Trinajstić information content (AvgIpc) is 3.33. The number of benzene rings is 1. The number of rotatable bonds is 6. The van der Waals surface area contributed by atoms with Gasteiger partial charge in [-0.05, 0) is 38.7 Å². The van der Waals surface area contributed by atoms with E-state index in [4.69, 9.17) is 4.74 Å². The molecule has 5 nitrogen and oxygen atoms in total. The molecule has 0 aliphatic heterocycles. The van der Waals surface area contributed by atoms with Gasteiger partial charge in [0, 0.05) is 11.6 Å². The Hall–Kier alpha value is -2.21. The lowest BCUT2D eigenvalue weighted by molar-refractivity contribution is -0.129. The fraction of sp³-hybridized carbons (Fsp3) is 0.421. The van der Waals surface area contributed by atoms with Crippen LogP contribution in [0.2, 0.25) is 0 Å². The number of carbonyl (C=O) groups is 2. The fourth-order valence-electron chi connectivity index (χ4n) is 2.41. The van der Waals surface area contributed by atoms with Crippen LogP contribution >= 0.6 is 11.3 Å². The number of aromatic nitrogens is 1. The molecule has 0 radical (unpaired) electrons. The van der Waals surface area contributed by atoms with Crippen LogP contribution in [0.1, 0.15) is 47.6 Å². The number of hydrogen-bond acceptors (Lipinski definition) is 5. The molecular formula is C19H22N2O3S. The molecule has 132 valence electrons. The number of hydrogen-bond donors (Lipinski definition) is 1. The third-order valence-corrected chi connectivity index (χ3v) is 5.35. The van der Waals surface area contributed by atoms with Crippen molar-refractivity contribution in [2.45, 2.75) is 52.2 Å². The molecule has 3 rings (SSSR count). The molecule has 1 aliphatic carbocycles. The van der Waals surface area contributed by atoms with Crippen LogP contribution in [0.25, 0.3) is 10.6 Å². The lowest BCUT2D eigenvalue weighted by atomic mass is 10.1. The second-order valence-electron chi connectivity index (χ2n) is 6.31. The minimum absolute atomic E-state index is 0.242. The first-order valence-electron chi connectivity index (χ1n) is 8.56. The highest BCUT2D eigenvalue weighted by atomic mass is 32.1. The Morgan fingerprint density at radius 1 is 1.32 bits per heavy atom. The first kappa shape index (κ1) is 17.6. The van der Waals surface area contributed by atoms with E-state index in [-0.39, 0.29) is 11.9 Å². The first-order chi connectivity index (χ1) is 12.0. The average molecular weight is 358 g/mol. The maximum atomic E-state index is 12.4. The van der Waals surface area contributed by atoms with Gasteiger partial charge in [0.25, 0.3) is 5.91 Å². The fourth-order valence-corrected chi connectivity index (χ4v) is 3.36. The van der Waals surface area contributed by atoms with Gasteiger partial charge in [-0.3, -0.25) is 4.79 Å². The van der Waals surface area contributed by atoms with Crippen LogP contribution in [-0.2, 0) is 16.0 Å². The Labute approximate surface area is 151 Å². The summed E-state index contributed by atoms with van der Waals surface area (Å²) in [5.74, 6) is -0.738. The summed E-state index contributed by atoms with van der Waals surface area (Å²) in [7, 11) is 0. The largest absolute Gasteiger partial charge is 0.448 e. The third-order valence-electron chi connectivity index (χ3n) is 4.17. The number of carbonyl (C=O) groups excluding carboxylic acids is 2. The highest BCUT2D eigenvalue weighted by molar-refractivity contribution is 7.17. The monoisotopic (exact) mass is 358 g/mol. The van der Waals surface area contributed by atoms with Crippen molar-refractivity contribution in [2.75, 3.05) is 0 Å². The molecule has 6 heteroatoms. The van der Waals surface area contributed by atoms with Crippen LogP contribution in [-0.4, -0.2) is 29.0 Å². The van der Waals surface area contributed by atoms with Gasteiger partial charge in [-0.2, -0.15) is 0 Å². The van der Waals surface area contributed by atoms with Gasteiger partial charge < -0.3 is 10.1 Å². The molecule has 0 bridgehead atoms. The summed E-state index contributed by atoms with van der Waals surface area (Å²) in [6.07, 6.45) is 2.18. The molecule has 1 saturated carbocycles. The number of thiazole rings is 1. The van der Waals surface area contributed by atoms with Gasteiger partial charge in [0.2, 0.25) is 0 Å². The van der Waals surface area contributed by atoms with Gasteiger partial charge in [0.1, 0.15) is 9.88 Å². The zero-order valence-electron chi connectivity index (χ0n) is 14.7. The molecule has 25 heavy (non-hydrogen) atoms. The lowest BCUT2D eigenvalue weighted by Gasteiger charge is -2.12. The molecule has 1 fully saturated rings. The van der Waals surface area contributed by atoms with E-state index in [0.29, 0.717) is 10.6 Å². The maximum Gasteiger partial charge on any atom is 0.351 e. The maximum absolute atomic E-state index is 12.4. The van der Waals surface area contributed by atoms with Crippen LogP contribution in [0.5, 0.6) is 0 Å². The number of nitrogens with zero attached hydrogens (tertiary/aromatic N) is 1. The topological polar surface area (TPSA) is 68.3 Å². The molecule has 1 heterocycles. The molecule has 1 aromatic carbocycles. The van der Waals surface area contributed by atoms with E-state index in [1.165, 1.54) is 16.9 Å². The van der Waals surface area contributed by atoms with Crippen molar-refractivity contribution in [1.29, 1.82) is 0 Å². The molecule has 1 aromatic heterocycles. The second kappa shape index (κ2) is 7.35. The molecule has 2 aromatic rings. The van der Waals surface area contributed by atoms with Crippen LogP contribution in [0.3, 0.4) is 0 Å². The number of aryl methyl sites for hydroxylation is 2. The lowest BCUT2D eigenvalue weighted by Crippen LogP contribution is -2.37. The van der Waals surface area contributed by atoms with Crippen molar-refractivity contribution < 1.29 is 14.3 Å². The van der Waals surface area contributed by atoms with E-state index in [9.17, 15) is 9.59 Å². The van der Waals surface area contributed by atoms with Gasteiger partial charge >= 0.3 is 5.97 Å². The van der Waals surface area contributed by atoms with Crippen molar-refractivity contribution in [3.05, 3.63) is 40.4 Å². The molecule has 1 atom stereocenters. The van der Waals surface area contributed by atoms with E-state index in [0.717, 1.165) is 29.8 Å². The summed E-state index contributed by atoms with van der Waals surface area (Å²) in [5, 5.41) is 3.62. The summed E-state index contributed by atoms with van der Waals surface area (Å²) in [5.41, 5.74) is 2.86. The summed E-state index contributed by atoms with van der Waals surface area (Å²) in [6, 6.07) is 8.40. The zero-order chi connectivity index (χ0) is 18.0. The van der Waals surface area contributed by atoms with Crippen LogP contribution in [0.15, 0.2) is 24.3 Å². The van der Waals surface area contributed by atoms with Crippen molar-refractivity contribution >= 4 is 23.2 Å². The highest BCUT2D eigenvalue weighted by Gasteiger charge is 2.28. The molecule has 1 N–H and O–H groups in total. The summed E-state index contributed by atoms with van der Waals surface area (Å²) in [6.45, 7) is 5.49. The number of amides is 1. The molecule has 1 amide bonds. The second-order valence-corrected chi connectivity index (χ2v) is 7.31. The van der Waals surface area contributed by atoms with Crippen LogP contribution < -0.4 is 5.32 Å². The van der Waals surface area contributed by atoms with Crippen molar-refractivity contribution in [3.8, 4) is 10.6 Å². The van der Waals surface area contributed by atoms with Crippen LogP contribution in [0.4, 0.5) is 0 Å². The minimum Gasteiger partial charge on any atom is -0.448 e. The van der Waals surface area contributed by atoms with Crippen molar-refractivity contribution in [2.24, 2.45) is 0 Å². The predicted molar refractivity (Wildman–Crippen MR) is 97.7 cm³/mol. The van der Waals surface area contributed by atoms with E-state index < -0.39 is 12.1 Å². The standard InChI is InChI=1S/C19H22N2O3S/c1-4-13-5-7-14(8-6-13)18-20-11(2)16(25-18)19(23)24-12(3)17(22)21-15-9-10-15/h5-8,12,15H,4,9-10H2,1-3H3,(H,21,22)/t12-/m0/s1. The zero-order valence-corrected chi connectivity index (χ0v) is 15.5. The minimum atomic E-state index is -0.804. The predicted octanol–water partition coefficient (Wildman–Crippen LogP) is 3.50. The number of esters is 1. The first-order valence-corrected chi connectivity index (χ1v) is 9.37. The highest BCUT2D eigenvalue weighted by Crippen LogP contribution is 2.29. The number of nitrogens with one attached hydrogen (secondary N) is 1. The van der Waals surface area contributed by atoms with Crippen molar-refractivity contribution in [3.63, 3.8) is 0 Å². The summed E-state index contributed by atoms with van der Waals surface area (Å²) >= 11 is 1.30. The van der Waals surface area contributed by atoms with Gasteiger partial charge in [-0.15, -0.1) is 11.3 Å². The Morgan fingerprint density at radius 2 is 2.00 bits per heavy atom. The van der Waals surface area contributed by atoms with E-state index in [2.05, 4.69) is 29.4 Å². The Kier molecular flexibility index (Phi) is 5.18. The Morgan fingerprint density at radius 3 is 2.60 bits per heavy atom. The normalized spacial score (nSPS) is 14.8. The van der Waals surface area contributed by atoms with Gasteiger partial charge in [-0.25, -0.2) is 9.78 Å². The molecule has 1 aliphatic rings. The molecule has 0 spiro atoms. The molecular weight excluding hydrogens is 336 g/mol. The molecule has 0 saturated heterocycles. The van der Waals surface area contributed by atoms with E-state index in [1.807, 2.05) is 12.1 Å². The summed E-state index contributed by atoms with van der Waals surface area (Å²) in [4.78, 5) is 29.3. The van der Waals surface area contributed by atoms with Crippen molar-refractivity contribution in [1.82, 2.24) is 10.3 Å². The Bertz CT molecular complexity index is 778. The Balaban J connectivity index is 1.70. The summed E-state index contributed by atoms with van der Waals surface area (Å²) < 4.78 is 5.31.